The molecule has 4 heteroatoms. The lowest BCUT2D eigenvalue weighted by Gasteiger charge is -2.22. The zero-order valence-electron chi connectivity index (χ0n) is 18.0. The minimum absolute atomic E-state index is 0.0714. The van der Waals surface area contributed by atoms with Gasteiger partial charge in [0.15, 0.2) is 0 Å². The van der Waals surface area contributed by atoms with Crippen LogP contribution in [0, 0.1) is 0 Å². The predicted molar refractivity (Wildman–Crippen MR) is 144 cm³/mol. The summed E-state index contributed by atoms with van der Waals surface area (Å²) in [4.78, 5) is 0. The Morgan fingerprint density at radius 2 is 1.29 bits per heavy atom. The Kier molecular flexibility index (Phi) is 21.3. The smallest absolute Gasteiger partial charge is 0.103 e. The molecule has 0 bridgehead atoms. The standard InChI is InChI=1S/C12H18Br4.C12H24/c13-10-8-6-4-2-1-3-5-7-9-12(15,16)11(10)14;1-3-5-7-9-11-12-10-8-6-4-2/h1-9H2;3H,1,4-12H2,2H3/b11-10-;. The molecule has 0 heterocycles. The van der Waals surface area contributed by atoms with E-state index >= 15 is 0 Å². The second kappa shape index (κ2) is 20.3. The monoisotopic (exact) mass is 646 g/mol. The molecule has 0 aromatic carbocycles. The van der Waals surface area contributed by atoms with Gasteiger partial charge in [-0.1, -0.05) is 160 Å². The fourth-order valence-electron chi connectivity index (χ4n) is 3.35. The van der Waals surface area contributed by atoms with E-state index in [2.05, 4.69) is 77.2 Å². The van der Waals surface area contributed by atoms with E-state index in [-0.39, 0.29) is 3.23 Å². The van der Waals surface area contributed by atoms with Crippen molar-refractivity contribution in [1.29, 1.82) is 0 Å². The summed E-state index contributed by atoms with van der Waals surface area (Å²) in [6.07, 6.45) is 26.2. The van der Waals surface area contributed by atoms with E-state index in [1.54, 1.807) is 0 Å². The van der Waals surface area contributed by atoms with Crippen molar-refractivity contribution in [2.75, 3.05) is 0 Å². The molecule has 28 heavy (non-hydrogen) atoms. The molecule has 0 aromatic heterocycles. The largest absolute Gasteiger partial charge is 0.112 e. The van der Waals surface area contributed by atoms with Crippen LogP contribution in [0.3, 0.4) is 0 Å². The molecule has 0 spiro atoms. The van der Waals surface area contributed by atoms with Crippen molar-refractivity contribution in [3.63, 3.8) is 0 Å². The van der Waals surface area contributed by atoms with Gasteiger partial charge in [-0.05, 0) is 32.1 Å². The van der Waals surface area contributed by atoms with Gasteiger partial charge in [-0.2, -0.15) is 0 Å². The Morgan fingerprint density at radius 1 is 0.786 bits per heavy atom. The minimum atomic E-state index is -0.0714. The second-order valence-corrected chi connectivity index (χ2v) is 13.5. The molecule has 0 nitrogen and oxygen atoms in total. The molecule has 0 unspecified atom stereocenters. The predicted octanol–water partition coefficient (Wildman–Crippen LogP) is 11.7. The Balaban J connectivity index is 0.000000546. The highest BCUT2D eigenvalue weighted by molar-refractivity contribution is 9.26. The van der Waals surface area contributed by atoms with Gasteiger partial charge in [0, 0.05) is 8.96 Å². The minimum Gasteiger partial charge on any atom is -0.103 e. The van der Waals surface area contributed by atoms with E-state index in [1.807, 2.05) is 6.08 Å². The first kappa shape index (κ1) is 29.4. The van der Waals surface area contributed by atoms with Crippen molar-refractivity contribution in [2.45, 2.75) is 126 Å². The highest BCUT2D eigenvalue weighted by Gasteiger charge is 2.28. The first-order chi connectivity index (χ1) is 13.5. The molecule has 166 valence electrons. The quantitative estimate of drug-likeness (QED) is 0.132. The molecule has 0 saturated heterocycles. The fraction of sp³-hybridized carbons (Fsp3) is 0.833. The van der Waals surface area contributed by atoms with Gasteiger partial charge in [0.25, 0.3) is 0 Å². The molecule has 0 saturated carbocycles. The van der Waals surface area contributed by atoms with Crippen LogP contribution in [0.5, 0.6) is 0 Å². The number of unbranched alkanes of at least 4 members (excludes halogenated alkanes) is 8. The molecule has 1 rings (SSSR count). The van der Waals surface area contributed by atoms with Gasteiger partial charge in [-0.15, -0.1) is 6.58 Å². The van der Waals surface area contributed by atoms with Crippen LogP contribution < -0.4 is 0 Å². The molecular formula is C24H42Br4. The molecule has 1 aliphatic carbocycles. The lowest BCUT2D eigenvalue weighted by Crippen LogP contribution is -2.12. The maximum absolute atomic E-state index is 3.77. The third-order valence-electron chi connectivity index (χ3n) is 5.21. The Labute approximate surface area is 209 Å². The van der Waals surface area contributed by atoms with Gasteiger partial charge in [-0.3, -0.25) is 0 Å². The van der Waals surface area contributed by atoms with Crippen LogP contribution in [0.2, 0.25) is 0 Å². The lowest BCUT2D eigenvalue weighted by molar-refractivity contribution is 0.565. The van der Waals surface area contributed by atoms with Crippen LogP contribution >= 0.6 is 63.7 Å². The molecule has 0 amide bonds. The Bertz CT molecular complexity index is 401. The van der Waals surface area contributed by atoms with Crippen molar-refractivity contribution in [2.24, 2.45) is 0 Å². The van der Waals surface area contributed by atoms with Gasteiger partial charge >= 0.3 is 0 Å². The van der Waals surface area contributed by atoms with E-state index in [4.69, 9.17) is 0 Å². The van der Waals surface area contributed by atoms with Crippen molar-refractivity contribution < 1.29 is 0 Å². The van der Waals surface area contributed by atoms with Crippen molar-refractivity contribution in [1.82, 2.24) is 0 Å². The summed E-state index contributed by atoms with van der Waals surface area (Å²) < 4.78 is 2.44. The number of hydrogen-bond donors (Lipinski definition) is 0. The van der Waals surface area contributed by atoms with Gasteiger partial charge in [0.1, 0.15) is 3.23 Å². The highest BCUT2D eigenvalue weighted by Crippen LogP contribution is 2.46. The summed E-state index contributed by atoms with van der Waals surface area (Å²) in [7, 11) is 0. The zero-order valence-corrected chi connectivity index (χ0v) is 24.4. The number of halogens is 4. The summed E-state index contributed by atoms with van der Waals surface area (Å²) in [5, 5.41) is 0. The first-order valence-electron chi connectivity index (χ1n) is 11.5. The second-order valence-electron chi connectivity index (χ2n) is 7.95. The molecule has 0 radical (unpaired) electrons. The number of alkyl halides is 2. The van der Waals surface area contributed by atoms with Crippen LogP contribution in [0.25, 0.3) is 0 Å². The summed E-state index contributed by atoms with van der Waals surface area (Å²) in [6.45, 7) is 5.99. The lowest BCUT2D eigenvalue weighted by atomic mass is 10.0. The summed E-state index contributed by atoms with van der Waals surface area (Å²) in [5.41, 5.74) is 0. The Hall–Kier alpha value is 1.40. The van der Waals surface area contributed by atoms with E-state index in [9.17, 15) is 0 Å². The Morgan fingerprint density at radius 3 is 1.86 bits per heavy atom. The summed E-state index contributed by atoms with van der Waals surface area (Å²) >= 11 is 14.9. The molecule has 0 N–H and O–H groups in total. The average Bonchev–Trinajstić information content (AvgIpc) is 2.67. The molecular weight excluding hydrogens is 608 g/mol. The van der Waals surface area contributed by atoms with E-state index in [0.29, 0.717) is 0 Å². The number of allylic oxidation sites excluding steroid dienone is 3. The van der Waals surface area contributed by atoms with Gasteiger partial charge < -0.3 is 0 Å². The van der Waals surface area contributed by atoms with E-state index in [1.165, 1.54) is 112 Å². The van der Waals surface area contributed by atoms with Gasteiger partial charge in [0.2, 0.25) is 0 Å². The van der Waals surface area contributed by atoms with Crippen LogP contribution in [-0.4, -0.2) is 3.23 Å². The van der Waals surface area contributed by atoms with Crippen LogP contribution in [-0.2, 0) is 0 Å². The molecule has 0 atom stereocenters. The molecule has 0 aromatic rings. The fourth-order valence-corrected chi connectivity index (χ4v) is 5.94. The highest BCUT2D eigenvalue weighted by atomic mass is 79.9. The number of hydrogen-bond acceptors (Lipinski definition) is 0. The summed E-state index contributed by atoms with van der Waals surface area (Å²) in [6, 6.07) is 0. The van der Waals surface area contributed by atoms with E-state index in [0.717, 1.165) is 12.8 Å². The number of rotatable bonds is 9. The van der Waals surface area contributed by atoms with E-state index < -0.39 is 0 Å². The van der Waals surface area contributed by atoms with Crippen LogP contribution in [0.1, 0.15) is 122 Å². The van der Waals surface area contributed by atoms with Crippen molar-refractivity contribution in [3.05, 3.63) is 21.6 Å². The third kappa shape index (κ3) is 17.1. The van der Waals surface area contributed by atoms with Crippen LogP contribution in [0.4, 0.5) is 0 Å². The normalized spacial score (nSPS) is 21.0. The maximum Gasteiger partial charge on any atom is 0.112 e. The molecule has 0 fully saturated rings. The van der Waals surface area contributed by atoms with Gasteiger partial charge in [-0.25, -0.2) is 0 Å². The topological polar surface area (TPSA) is 0 Å². The molecule has 0 aliphatic heterocycles. The molecule has 1 aliphatic rings. The SMILES string of the molecule is Br/C1=C(\Br)C(Br)(Br)CCCCCCCCC1.C=CCCCCCCCCCC. The van der Waals surface area contributed by atoms with Crippen molar-refractivity contribution in [3.8, 4) is 0 Å². The first-order valence-corrected chi connectivity index (χ1v) is 14.7. The average molecular weight is 650 g/mol. The van der Waals surface area contributed by atoms with Crippen LogP contribution in [0.15, 0.2) is 21.6 Å². The maximum atomic E-state index is 3.77. The van der Waals surface area contributed by atoms with Crippen molar-refractivity contribution >= 4 is 63.7 Å². The third-order valence-corrected chi connectivity index (χ3v) is 10.3. The summed E-state index contributed by atoms with van der Waals surface area (Å²) in [5.74, 6) is 0. The zero-order chi connectivity index (χ0) is 21.1. The van der Waals surface area contributed by atoms with Gasteiger partial charge in [0.05, 0.1) is 0 Å².